The first kappa shape index (κ1) is 14.1. The Morgan fingerprint density at radius 1 is 1.25 bits per heavy atom. The SMILES string of the molecule is O=C(Cn1cnc2ccccc21)OCCC(F)=C(F)F. The smallest absolute Gasteiger partial charge is 0.326 e. The second-order valence-electron chi connectivity index (χ2n) is 4.00. The molecule has 0 amide bonds. The Morgan fingerprint density at radius 2 is 2.00 bits per heavy atom. The molecule has 0 aliphatic rings. The van der Waals surface area contributed by atoms with E-state index in [1.807, 2.05) is 6.07 Å². The van der Waals surface area contributed by atoms with E-state index in [2.05, 4.69) is 4.98 Å². The maximum absolute atomic E-state index is 12.5. The number of aromatic nitrogens is 2. The molecule has 2 aromatic rings. The second-order valence-corrected chi connectivity index (χ2v) is 4.00. The van der Waals surface area contributed by atoms with Gasteiger partial charge in [-0.15, -0.1) is 0 Å². The fourth-order valence-corrected chi connectivity index (χ4v) is 1.67. The van der Waals surface area contributed by atoms with Gasteiger partial charge in [0.2, 0.25) is 0 Å². The van der Waals surface area contributed by atoms with E-state index in [4.69, 9.17) is 4.74 Å². The molecule has 0 spiro atoms. The Kier molecular flexibility index (Phi) is 4.39. The quantitative estimate of drug-likeness (QED) is 0.793. The van der Waals surface area contributed by atoms with Crippen LogP contribution >= 0.6 is 0 Å². The Bertz CT molecular complexity index is 648. The first-order valence-electron chi connectivity index (χ1n) is 5.83. The molecule has 0 aliphatic carbocycles. The van der Waals surface area contributed by atoms with Crippen molar-refractivity contribution in [3.8, 4) is 0 Å². The number of hydrogen-bond acceptors (Lipinski definition) is 3. The summed E-state index contributed by atoms with van der Waals surface area (Å²) in [5.74, 6) is -2.20. The third kappa shape index (κ3) is 3.37. The van der Waals surface area contributed by atoms with Gasteiger partial charge in [-0.1, -0.05) is 12.1 Å². The summed E-state index contributed by atoms with van der Waals surface area (Å²) in [6.07, 6.45) is -1.53. The summed E-state index contributed by atoms with van der Waals surface area (Å²) in [5.41, 5.74) is 1.49. The summed E-state index contributed by atoms with van der Waals surface area (Å²) in [4.78, 5) is 15.6. The van der Waals surface area contributed by atoms with E-state index < -0.39 is 30.9 Å². The van der Waals surface area contributed by atoms with Gasteiger partial charge in [0.25, 0.3) is 0 Å². The third-order valence-electron chi connectivity index (χ3n) is 2.62. The predicted molar refractivity (Wildman–Crippen MR) is 65.7 cm³/mol. The molecule has 0 saturated heterocycles. The van der Waals surface area contributed by atoms with Crippen LogP contribution in [0.15, 0.2) is 42.5 Å². The van der Waals surface area contributed by atoms with Gasteiger partial charge in [-0.25, -0.2) is 9.37 Å². The molecule has 1 aromatic heterocycles. The van der Waals surface area contributed by atoms with E-state index in [1.165, 1.54) is 6.33 Å². The molecule has 1 heterocycles. The maximum atomic E-state index is 12.5. The first-order chi connectivity index (χ1) is 9.58. The Hall–Kier alpha value is -2.31. The maximum Gasteiger partial charge on any atom is 0.326 e. The van der Waals surface area contributed by atoms with Crippen LogP contribution in [-0.2, 0) is 16.1 Å². The van der Waals surface area contributed by atoms with E-state index in [-0.39, 0.29) is 6.54 Å². The number of fused-ring (bicyclic) bond motifs is 1. The molecule has 20 heavy (non-hydrogen) atoms. The molecule has 0 N–H and O–H groups in total. The van der Waals surface area contributed by atoms with Gasteiger partial charge in [-0.3, -0.25) is 4.79 Å². The Balaban J connectivity index is 1.90. The average Bonchev–Trinajstić information content (AvgIpc) is 2.82. The van der Waals surface area contributed by atoms with Gasteiger partial charge in [0.15, 0.2) is 5.83 Å². The van der Waals surface area contributed by atoms with E-state index in [1.54, 1.807) is 22.8 Å². The third-order valence-corrected chi connectivity index (χ3v) is 2.62. The van der Waals surface area contributed by atoms with Crippen molar-refractivity contribution in [2.24, 2.45) is 0 Å². The number of ether oxygens (including phenoxy) is 1. The van der Waals surface area contributed by atoms with Gasteiger partial charge >= 0.3 is 12.0 Å². The molecule has 0 saturated carbocycles. The first-order valence-corrected chi connectivity index (χ1v) is 5.83. The minimum absolute atomic E-state index is 0.107. The van der Waals surface area contributed by atoms with Gasteiger partial charge in [-0.05, 0) is 12.1 Å². The minimum atomic E-state index is -2.39. The number of nitrogens with zero attached hydrogens (tertiary/aromatic N) is 2. The highest BCUT2D eigenvalue weighted by molar-refractivity contribution is 5.78. The standard InChI is InChI=1S/C13H11F3N2O2/c14-9(13(15)16)5-6-20-12(19)7-18-8-17-10-3-1-2-4-11(10)18/h1-4,8H,5-7H2. The topological polar surface area (TPSA) is 44.1 Å². The van der Waals surface area contributed by atoms with Crippen molar-refractivity contribution in [3.05, 3.63) is 42.5 Å². The molecule has 0 radical (unpaired) electrons. The normalized spacial score (nSPS) is 10.6. The fourth-order valence-electron chi connectivity index (χ4n) is 1.67. The van der Waals surface area contributed by atoms with Crippen LogP contribution in [0.1, 0.15) is 6.42 Å². The van der Waals surface area contributed by atoms with Gasteiger partial charge in [0.05, 0.1) is 24.0 Å². The highest BCUT2D eigenvalue weighted by Gasteiger charge is 2.10. The molecular weight excluding hydrogens is 273 g/mol. The van der Waals surface area contributed by atoms with Gasteiger partial charge < -0.3 is 9.30 Å². The van der Waals surface area contributed by atoms with Gasteiger partial charge in [0.1, 0.15) is 6.54 Å². The van der Waals surface area contributed by atoms with Crippen LogP contribution in [0.5, 0.6) is 0 Å². The lowest BCUT2D eigenvalue weighted by molar-refractivity contribution is -0.144. The molecule has 1 aromatic carbocycles. The number of carbonyl (C=O) groups is 1. The van der Waals surface area contributed by atoms with Crippen molar-refractivity contribution in [3.63, 3.8) is 0 Å². The Morgan fingerprint density at radius 3 is 2.75 bits per heavy atom. The molecular formula is C13H11F3N2O2. The highest BCUT2D eigenvalue weighted by atomic mass is 19.3. The highest BCUT2D eigenvalue weighted by Crippen LogP contribution is 2.14. The molecule has 0 atom stereocenters. The van der Waals surface area contributed by atoms with Gasteiger partial charge in [-0.2, -0.15) is 8.78 Å². The molecule has 0 fully saturated rings. The van der Waals surface area contributed by atoms with Crippen molar-refractivity contribution in [1.82, 2.24) is 9.55 Å². The number of rotatable bonds is 5. The summed E-state index contributed by atoms with van der Waals surface area (Å²) in [6.45, 7) is -0.529. The van der Waals surface area contributed by atoms with Crippen LogP contribution < -0.4 is 0 Å². The van der Waals surface area contributed by atoms with Crippen molar-refractivity contribution in [2.75, 3.05) is 6.61 Å². The van der Waals surface area contributed by atoms with Crippen molar-refractivity contribution < 1.29 is 22.7 Å². The zero-order chi connectivity index (χ0) is 14.5. The monoisotopic (exact) mass is 284 g/mol. The lowest BCUT2D eigenvalue weighted by Crippen LogP contribution is -2.13. The fraction of sp³-hybridized carbons (Fsp3) is 0.231. The van der Waals surface area contributed by atoms with Crippen molar-refractivity contribution in [1.29, 1.82) is 0 Å². The van der Waals surface area contributed by atoms with Crippen molar-refractivity contribution in [2.45, 2.75) is 13.0 Å². The predicted octanol–water partition coefficient (Wildman–Crippen LogP) is 3.05. The van der Waals surface area contributed by atoms with E-state index in [0.717, 1.165) is 11.0 Å². The zero-order valence-corrected chi connectivity index (χ0v) is 10.4. The summed E-state index contributed by atoms with van der Waals surface area (Å²) in [5, 5.41) is 0. The zero-order valence-electron chi connectivity index (χ0n) is 10.4. The molecule has 0 unspecified atom stereocenters. The number of esters is 1. The number of halogens is 3. The average molecular weight is 284 g/mol. The molecule has 2 rings (SSSR count). The lowest BCUT2D eigenvalue weighted by Gasteiger charge is -2.05. The molecule has 106 valence electrons. The van der Waals surface area contributed by atoms with E-state index in [9.17, 15) is 18.0 Å². The molecule has 4 nitrogen and oxygen atoms in total. The summed E-state index contributed by atoms with van der Waals surface area (Å²) >= 11 is 0. The van der Waals surface area contributed by atoms with Crippen LogP contribution in [0, 0.1) is 0 Å². The largest absolute Gasteiger partial charge is 0.464 e. The number of benzene rings is 1. The number of carbonyl (C=O) groups excluding carboxylic acids is 1. The van der Waals surface area contributed by atoms with Crippen LogP contribution in [-0.4, -0.2) is 22.1 Å². The summed E-state index contributed by atoms with van der Waals surface area (Å²) < 4.78 is 42.3. The number of hydrogen-bond donors (Lipinski definition) is 0. The number of para-hydroxylation sites is 2. The van der Waals surface area contributed by atoms with E-state index in [0.29, 0.717) is 0 Å². The van der Waals surface area contributed by atoms with Crippen LogP contribution in [0.4, 0.5) is 13.2 Å². The second kappa shape index (κ2) is 6.23. The Labute approximate surface area is 112 Å². The summed E-state index contributed by atoms with van der Waals surface area (Å²) in [6, 6.07) is 7.20. The van der Waals surface area contributed by atoms with Gasteiger partial charge in [0, 0.05) is 6.42 Å². The van der Waals surface area contributed by atoms with Crippen LogP contribution in [0.3, 0.4) is 0 Å². The lowest BCUT2D eigenvalue weighted by atomic mass is 10.3. The minimum Gasteiger partial charge on any atom is -0.464 e. The molecule has 0 aliphatic heterocycles. The van der Waals surface area contributed by atoms with E-state index >= 15 is 0 Å². The number of imidazole rings is 1. The van der Waals surface area contributed by atoms with Crippen molar-refractivity contribution >= 4 is 17.0 Å². The van der Waals surface area contributed by atoms with Crippen LogP contribution in [0.25, 0.3) is 11.0 Å². The molecule has 7 heteroatoms. The molecule has 0 bridgehead atoms. The summed E-state index contributed by atoms with van der Waals surface area (Å²) in [7, 11) is 0. The van der Waals surface area contributed by atoms with Crippen LogP contribution in [0.2, 0.25) is 0 Å².